The van der Waals surface area contributed by atoms with E-state index in [-0.39, 0.29) is 5.91 Å². The van der Waals surface area contributed by atoms with Crippen molar-refractivity contribution in [2.45, 2.75) is 37.0 Å². The van der Waals surface area contributed by atoms with Gasteiger partial charge in [-0.2, -0.15) is 4.31 Å². The predicted octanol–water partition coefficient (Wildman–Crippen LogP) is 3.18. The van der Waals surface area contributed by atoms with Crippen LogP contribution in [-0.4, -0.2) is 69.8 Å². The van der Waals surface area contributed by atoms with E-state index in [0.29, 0.717) is 30.8 Å². The maximum Gasteiger partial charge on any atom is 0.243 e. The van der Waals surface area contributed by atoms with Crippen LogP contribution in [0.1, 0.15) is 31.2 Å². The Labute approximate surface area is 197 Å². The van der Waals surface area contributed by atoms with Crippen molar-refractivity contribution in [3.8, 4) is 0 Å². The number of sulfonamides is 1. The van der Waals surface area contributed by atoms with Gasteiger partial charge in [-0.1, -0.05) is 18.6 Å². The summed E-state index contributed by atoms with van der Waals surface area (Å²) in [5.41, 5.74) is 2.93. The number of anilines is 2. The van der Waals surface area contributed by atoms with Crippen LogP contribution >= 0.6 is 0 Å². The van der Waals surface area contributed by atoms with Gasteiger partial charge >= 0.3 is 0 Å². The molecule has 2 heterocycles. The Hall–Kier alpha value is -2.42. The SMILES string of the molecule is CN1CCN(c2ccc(NC(=O)CCc3ccc(S(=O)(=O)N4CCCCC4)cc3)cc2)CC1. The molecule has 0 aromatic heterocycles. The number of aryl methyl sites for hydroxylation is 1. The topological polar surface area (TPSA) is 73.0 Å². The fraction of sp³-hybridized carbons (Fsp3) is 0.480. The molecule has 0 bridgehead atoms. The molecule has 2 saturated heterocycles. The molecule has 7 nitrogen and oxygen atoms in total. The first-order valence-electron chi connectivity index (χ1n) is 11.8. The Bertz CT molecular complexity index is 1020. The maximum atomic E-state index is 12.8. The Balaban J connectivity index is 1.26. The molecule has 0 radical (unpaired) electrons. The van der Waals surface area contributed by atoms with E-state index in [2.05, 4.69) is 34.3 Å². The van der Waals surface area contributed by atoms with Gasteiger partial charge in [-0.3, -0.25) is 4.79 Å². The number of benzene rings is 2. The molecule has 2 aromatic carbocycles. The minimum atomic E-state index is -3.42. The molecule has 178 valence electrons. The van der Waals surface area contributed by atoms with E-state index in [1.165, 1.54) is 5.69 Å². The molecule has 0 saturated carbocycles. The van der Waals surface area contributed by atoms with Crippen LogP contribution in [0.2, 0.25) is 0 Å². The Morgan fingerprint density at radius 1 is 0.848 bits per heavy atom. The fourth-order valence-electron chi connectivity index (χ4n) is 4.38. The quantitative estimate of drug-likeness (QED) is 0.673. The zero-order valence-corrected chi connectivity index (χ0v) is 20.2. The first-order valence-corrected chi connectivity index (χ1v) is 13.3. The van der Waals surface area contributed by atoms with Crippen LogP contribution in [0.5, 0.6) is 0 Å². The summed E-state index contributed by atoms with van der Waals surface area (Å²) >= 11 is 0. The number of piperidine rings is 1. The van der Waals surface area contributed by atoms with E-state index < -0.39 is 10.0 Å². The second-order valence-electron chi connectivity index (χ2n) is 8.99. The molecule has 0 atom stereocenters. The molecule has 8 heteroatoms. The summed E-state index contributed by atoms with van der Waals surface area (Å²) in [4.78, 5) is 17.4. The molecule has 2 fully saturated rings. The third-order valence-electron chi connectivity index (χ3n) is 6.54. The van der Waals surface area contributed by atoms with Crippen molar-refractivity contribution in [2.24, 2.45) is 0 Å². The van der Waals surface area contributed by atoms with Gasteiger partial charge < -0.3 is 15.1 Å². The van der Waals surface area contributed by atoms with Crippen molar-refractivity contribution in [3.63, 3.8) is 0 Å². The van der Waals surface area contributed by atoms with E-state index in [4.69, 9.17) is 0 Å². The number of carbonyl (C=O) groups excluding carboxylic acids is 1. The number of nitrogens with zero attached hydrogens (tertiary/aromatic N) is 3. The van der Waals surface area contributed by atoms with Crippen molar-refractivity contribution >= 4 is 27.3 Å². The van der Waals surface area contributed by atoms with Gasteiger partial charge in [0.15, 0.2) is 0 Å². The normalized spacial score (nSPS) is 18.3. The summed E-state index contributed by atoms with van der Waals surface area (Å²) in [6, 6.07) is 15.0. The molecule has 0 aliphatic carbocycles. The molecule has 0 unspecified atom stereocenters. The molecule has 2 aromatic rings. The average Bonchev–Trinajstić information content (AvgIpc) is 2.85. The summed E-state index contributed by atoms with van der Waals surface area (Å²) in [6.45, 7) is 5.34. The summed E-state index contributed by atoms with van der Waals surface area (Å²) in [6.07, 6.45) is 3.84. The molecule has 1 amide bonds. The van der Waals surface area contributed by atoms with E-state index in [0.717, 1.165) is 56.7 Å². The number of likely N-dealkylation sites (N-methyl/N-ethyl adjacent to an activating group) is 1. The van der Waals surface area contributed by atoms with E-state index in [9.17, 15) is 13.2 Å². The maximum absolute atomic E-state index is 12.8. The lowest BCUT2D eigenvalue weighted by molar-refractivity contribution is -0.116. The number of hydrogen-bond acceptors (Lipinski definition) is 5. The second kappa shape index (κ2) is 10.7. The molecule has 2 aliphatic heterocycles. The van der Waals surface area contributed by atoms with Crippen LogP contribution in [0.15, 0.2) is 53.4 Å². The zero-order chi connectivity index (χ0) is 23.3. The lowest BCUT2D eigenvalue weighted by atomic mass is 10.1. The Morgan fingerprint density at radius 3 is 2.12 bits per heavy atom. The largest absolute Gasteiger partial charge is 0.369 e. The average molecular weight is 471 g/mol. The molecule has 2 aliphatic rings. The minimum absolute atomic E-state index is 0.0487. The van der Waals surface area contributed by atoms with Crippen molar-refractivity contribution in [2.75, 3.05) is 56.5 Å². The van der Waals surface area contributed by atoms with Gasteiger partial charge in [0.1, 0.15) is 0 Å². The van der Waals surface area contributed by atoms with Gasteiger partial charge in [0.25, 0.3) is 0 Å². The van der Waals surface area contributed by atoms with Crippen molar-refractivity contribution in [1.82, 2.24) is 9.21 Å². The molecule has 4 rings (SSSR count). The molecule has 1 N–H and O–H groups in total. The van der Waals surface area contributed by atoms with Crippen LogP contribution in [0.4, 0.5) is 11.4 Å². The number of piperazine rings is 1. The predicted molar refractivity (Wildman–Crippen MR) is 132 cm³/mol. The highest BCUT2D eigenvalue weighted by Gasteiger charge is 2.25. The highest BCUT2D eigenvalue weighted by Crippen LogP contribution is 2.22. The summed E-state index contributed by atoms with van der Waals surface area (Å²) in [5.74, 6) is -0.0487. The van der Waals surface area contributed by atoms with Gasteiger partial charge in [0.2, 0.25) is 15.9 Å². The van der Waals surface area contributed by atoms with Crippen molar-refractivity contribution in [3.05, 3.63) is 54.1 Å². The van der Waals surface area contributed by atoms with Crippen LogP contribution in [0.25, 0.3) is 0 Å². The second-order valence-corrected chi connectivity index (χ2v) is 10.9. The zero-order valence-electron chi connectivity index (χ0n) is 19.4. The van der Waals surface area contributed by atoms with E-state index >= 15 is 0 Å². The molecule has 33 heavy (non-hydrogen) atoms. The highest BCUT2D eigenvalue weighted by atomic mass is 32.2. The standard InChI is InChI=1S/C25H34N4O3S/c1-27-17-19-28(20-18-27)23-10-8-22(9-11-23)26-25(30)14-7-21-5-12-24(13-6-21)33(31,32)29-15-3-2-4-16-29/h5-6,8-13H,2-4,7,14-20H2,1H3,(H,26,30). The van der Waals surface area contributed by atoms with Crippen LogP contribution < -0.4 is 10.2 Å². The van der Waals surface area contributed by atoms with Gasteiger partial charge in [0.05, 0.1) is 4.90 Å². The number of amides is 1. The minimum Gasteiger partial charge on any atom is -0.369 e. The fourth-order valence-corrected chi connectivity index (χ4v) is 5.90. The van der Waals surface area contributed by atoms with Crippen LogP contribution in [0, 0.1) is 0 Å². The summed E-state index contributed by atoms with van der Waals surface area (Å²) in [7, 11) is -1.28. The van der Waals surface area contributed by atoms with Crippen LogP contribution in [0.3, 0.4) is 0 Å². The third kappa shape index (κ3) is 6.13. The van der Waals surface area contributed by atoms with Gasteiger partial charge in [-0.25, -0.2) is 8.42 Å². The number of nitrogens with one attached hydrogen (secondary N) is 1. The van der Waals surface area contributed by atoms with Gasteiger partial charge in [-0.15, -0.1) is 0 Å². The number of rotatable bonds is 7. The first-order chi connectivity index (χ1) is 15.9. The monoisotopic (exact) mass is 470 g/mol. The number of hydrogen-bond donors (Lipinski definition) is 1. The molecule has 0 spiro atoms. The summed E-state index contributed by atoms with van der Waals surface area (Å²) < 4.78 is 27.1. The van der Waals surface area contributed by atoms with Crippen LogP contribution in [-0.2, 0) is 21.2 Å². The van der Waals surface area contributed by atoms with Gasteiger partial charge in [0, 0.05) is 57.1 Å². The Kier molecular flexibility index (Phi) is 7.67. The lowest BCUT2D eigenvalue weighted by Crippen LogP contribution is -2.44. The van der Waals surface area contributed by atoms with E-state index in [1.807, 2.05) is 24.3 Å². The Morgan fingerprint density at radius 2 is 1.48 bits per heavy atom. The third-order valence-corrected chi connectivity index (χ3v) is 8.45. The van der Waals surface area contributed by atoms with Crippen molar-refractivity contribution in [1.29, 1.82) is 0 Å². The van der Waals surface area contributed by atoms with Gasteiger partial charge in [-0.05, 0) is 68.3 Å². The smallest absolute Gasteiger partial charge is 0.243 e. The first kappa shape index (κ1) is 23.7. The van der Waals surface area contributed by atoms with E-state index in [1.54, 1.807) is 16.4 Å². The highest BCUT2D eigenvalue weighted by molar-refractivity contribution is 7.89. The molecular formula is C25H34N4O3S. The summed E-state index contributed by atoms with van der Waals surface area (Å²) in [5, 5.41) is 2.96. The molecular weight excluding hydrogens is 436 g/mol. The van der Waals surface area contributed by atoms with Crippen molar-refractivity contribution < 1.29 is 13.2 Å². The lowest BCUT2D eigenvalue weighted by Gasteiger charge is -2.34. The number of carbonyl (C=O) groups is 1.